The molecule has 0 spiro atoms. The molecular formula is C13H25N3O2. The van der Waals surface area contributed by atoms with Gasteiger partial charge in [0, 0.05) is 12.1 Å². The van der Waals surface area contributed by atoms with Crippen LogP contribution < -0.4 is 16.0 Å². The molecule has 0 aromatic heterocycles. The Labute approximate surface area is 109 Å². The number of amides is 2. The predicted molar refractivity (Wildman–Crippen MR) is 71.1 cm³/mol. The molecule has 5 nitrogen and oxygen atoms in total. The second-order valence-corrected chi connectivity index (χ2v) is 6.04. The van der Waals surface area contributed by atoms with E-state index in [0.717, 1.165) is 19.4 Å². The molecule has 18 heavy (non-hydrogen) atoms. The van der Waals surface area contributed by atoms with Gasteiger partial charge in [-0.2, -0.15) is 0 Å². The van der Waals surface area contributed by atoms with Crippen molar-refractivity contribution in [3.8, 4) is 0 Å². The van der Waals surface area contributed by atoms with E-state index >= 15 is 0 Å². The molecule has 0 radical (unpaired) electrons. The first kappa shape index (κ1) is 15.0. The largest absolute Gasteiger partial charge is 0.350 e. The average molecular weight is 255 g/mol. The van der Waals surface area contributed by atoms with Gasteiger partial charge in [0.2, 0.25) is 11.8 Å². The normalized spacial score (nSPS) is 23.8. The Balaban J connectivity index is 2.43. The fourth-order valence-electron chi connectivity index (χ4n) is 2.21. The first-order chi connectivity index (χ1) is 8.29. The zero-order valence-corrected chi connectivity index (χ0v) is 11.9. The van der Waals surface area contributed by atoms with Crippen molar-refractivity contribution < 1.29 is 9.59 Å². The molecule has 3 N–H and O–H groups in total. The van der Waals surface area contributed by atoms with E-state index in [-0.39, 0.29) is 29.3 Å². The quantitative estimate of drug-likeness (QED) is 0.681. The molecule has 5 heteroatoms. The highest BCUT2D eigenvalue weighted by molar-refractivity contribution is 5.88. The van der Waals surface area contributed by atoms with Crippen molar-refractivity contribution >= 4 is 11.8 Å². The van der Waals surface area contributed by atoms with Gasteiger partial charge in [-0.05, 0) is 40.2 Å². The summed E-state index contributed by atoms with van der Waals surface area (Å²) in [7, 11) is 0. The Morgan fingerprint density at radius 1 is 1.33 bits per heavy atom. The van der Waals surface area contributed by atoms with Crippen LogP contribution in [0.25, 0.3) is 0 Å². The van der Waals surface area contributed by atoms with Gasteiger partial charge in [0.15, 0.2) is 0 Å². The molecule has 1 unspecified atom stereocenters. The predicted octanol–water partition coefficient (Wildman–Crippen LogP) is 0.407. The van der Waals surface area contributed by atoms with Crippen molar-refractivity contribution in [2.45, 2.75) is 46.1 Å². The molecule has 1 saturated heterocycles. The van der Waals surface area contributed by atoms with Crippen molar-refractivity contribution in [1.82, 2.24) is 16.0 Å². The molecule has 1 fully saturated rings. The van der Waals surface area contributed by atoms with E-state index in [1.165, 1.54) is 0 Å². The van der Waals surface area contributed by atoms with Crippen molar-refractivity contribution in [2.24, 2.45) is 5.41 Å². The van der Waals surface area contributed by atoms with Crippen LogP contribution in [0.2, 0.25) is 0 Å². The molecule has 0 aromatic rings. The lowest BCUT2D eigenvalue weighted by Crippen LogP contribution is -2.49. The maximum atomic E-state index is 12.1. The van der Waals surface area contributed by atoms with Crippen LogP contribution >= 0.6 is 0 Å². The zero-order valence-electron chi connectivity index (χ0n) is 11.9. The molecule has 1 atom stereocenters. The molecule has 0 saturated carbocycles. The molecule has 2 amide bonds. The van der Waals surface area contributed by atoms with E-state index in [4.69, 9.17) is 0 Å². The van der Waals surface area contributed by atoms with Crippen LogP contribution in [0.15, 0.2) is 0 Å². The number of nitrogens with one attached hydrogen (secondary N) is 3. The maximum Gasteiger partial charge on any atom is 0.239 e. The lowest BCUT2D eigenvalue weighted by atomic mass is 9.83. The van der Waals surface area contributed by atoms with Gasteiger partial charge in [0.25, 0.3) is 0 Å². The third-order valence-electron chi connectivity index (χ3n) is 3.33. The standard InChI is InChI=1S/C13H25N3O2/c1-5-13(6-7-14-9-13)11(18)15-8-10(17)16-12(2,3)4/h14H,5-9H2,1-4H3,(H,15,18)(H,16,17). The zero-order chi connectivity index (χ0) is 13.8. The molecule has 1 heterocycles. The minimum atomic E-state index is -0.331. The highest BCUT2D eigenvalue weighted by Crippen LogP contribution is 2.29. The van der Waals surface area contributed by atoms with Crippen molar-refractivity contribution in [1.29, 1.82) is 0 Å². The Morgan fingerprint density at radius 2 is 2.00 bits per heavy atom. The number of carbonyl (C=O) groups excluding carboxylic acids is 2. The third-order valence-corrected chi connectivity index (χ3v) is 3.33. The van der Waals surface area contributed by atoms with Crippen molar-refractivity contribution in [3.05, 3.63) is 0 Å². The molecule has 0 aliphatic carbocycles. The third kappa shape index (κ3) is 3.98. The number of carbonyl (C=O) groups is 2. The molecule has 0 bridgehead atoms. The molecular weight excluding hydrogens is 230 g/mol. The van der Waals surface area contributed by atoms with Gasteiger partial charge in [-0.15, -0.1) is 0 Å². The van der Waals surface area contributed by atoms with Gasteiger partial charge < -0.3 is 16.0 Å². The first-order valence-electron chi connectivity index (χ1n) is 6.59. The second-order valence-electron chi connectivity index (χ2n) is 6.04. The highest BCUT2D eigenvalue weighted by Gasteiger charge is 2.39. The van der Waals surface area contributed by atoms with Crippen LogP contribution in [-0.2, 0) is 9.59 Å². The van der Waals surface area contributed by atoms with E-state index in [2.05, 4.69) is 16.0 Å². The van der Waals surface area contributed by atoms with E-state index in [1.54, 1.807) is 0 Å². The summed E-state index contributed by atoms with van der Waals surface area (Å²) in [4.78, 5) is 23.8. The number of hydrogen-bond donors (Lipinski definition) is 3. The molecule has 1 rings (SSSR count). The van der Waals surface area contributed by atoms with Gasteiger partial charge in [0.05, 0.1) is 12.0 Å². The van der Waals surface area contributed by atoms with Crippen molar-refractivity contribution in [2.75, 3.05) is 19.6 Å². The summed E-state index contributed by atoms with van der Waals surface area (Å²) in [5, 5.41) is 8.78. The fourth-order valence-corrected chi connectivity index (χ4v) is 2.21. The number of hydrogen-bond acceptors (Lipinski definition) is 3. The molecule has 0 aromatic carbocycles. The van der Waals surface area contributed by atoms with E-state index in [0.29, 0.717) is 6.54 Å². The Bertz CT molecular complexity index is 315. The van der Waals surface area contributed by atoms with Crippen LogP contribution in [0, 0.1) is 5.41 Å². The average Bonchev–Trinajstić information content (AvgIpc) is 2.73. The van der Waals surface area contributed by atoms with Crippen LogP contribution in [0.1, 0.15) is 40.5 Å². The highest BCUT2D eigenvalue weighted by atomic mass is 16.2. The Hall–Kier alpha value is -1.10. The van der Waals surface area contributed by atoms with E-state index in [9.17, 15) is 9.59 Å². The second kappa shape index (κ2) is 5.69. The van der Waals surface area contributed by atoms with Gasteiger partial charge in [-0.3, -0.25) is 9.59 Å². The summed E-state index contributed by atoms with van der Waals surface area (Å²) in [6, 6.07) is 0. The summed E-state index contributed by atoms with van der Waals surface area (Å²) in [5.74, 6) is -0.160. The summed E-state index contributed by atoms with van der Waals surface area (Å²) in [6.45, 7) is 9.40. The minimum absolute atomic E-state index is 0.0148. The SMILES string of the molecule is CCC1(C(=O)NCC(=O)NC(C)(C)C)CCNC1. The summed E-state index contributed by atoms with van der Waals surface area (Å²) in [6.07, 6.45) is 1.64. The minimum Gasteiger partial charge on any atom is -0.350 e. The number of rotatable bonds is 4. The topological polar surface area (TPSA) is 70.2 Å². The lowest BCUT2D eigenvalue weighted by molar-refractivity contribution is -0.133. The Morgan fingerprint density at radius 3 is 2.44 bits per heavy atom. The van der Waals surface area contributed by atoms with Crippen LogP contribution in [0.3, 0.4) is 0 Å². The fraction of sp³-hybridized carbons (Fsp3) is 0.846. The van der Waals surface area contributed by atoms with Gasteiger partial charge in [-0.25, -0.2) is 0 Å². The van der Waals surface area contributed by atoms with E-state index < -0.39 is 0 Å². The molecule has 104 valence electrons. The Kier molecular flexibility index (Phi) is 4.73. The van der Waals surface area contributed by atoms with Gasteiger partial charge in [0.1, 0.15) is 0 Å². The molecule has 1 aliphatic heterocycles. The van der Waals surface area contributed by atoms with Crippen LogP contribution in [-0.4, -0.2) is 37.0 Å². The van der Waals surface area contributed by atoms with Crippen LogP contribution in [0.5, 0.6) is 0 Å². The maximum absolute atomic E-state index is 12.1. The van der Waals surface area contributed by atoms with Gasteiger partial charge >= 0.3 is 0 Å². The van der Waals surface area contributed by atoms with Gasteiger partial charge in [-0.1, -0.05) is 6.92 Å². The summed E-state index contributed by atoms with van der Waals surface area (Å²) in [5.41, 5.74) is -0.596. The first-order valence-corrected chi connectivity index (χ1v) is 6.59. The lowest BCUT2D eigenvalue weighted by Gasteiger charge is -2.26. The van der Waals surface area contributed by atoms with Crippen molar-refractivity contribution in [3.63, 3.8) is 0 Å². The van der Waals surface area contributed by atoms with E-state index in [1.807, 2.05) is 27.7 Å². The smallest absolute Gasteiger partial charge is 0.239 e. The summed E-state index contributed by atoms with van der Waals surface area (Å²) < 4.78 is 0. The monoisotopic (exact) mass is 255 g/mol. The molecule has 1 aliphatic rings. The summed E-state index contributed by atoms with van der Waals surface area (Å²) >= 11 is 0. The van der Waals surface area contributed by atoms with Crippen LogP contribution in [0.4, 0.5) is 0 Å².